The highest BCUT2D eigenvalue weighted by Crippen LogP contribution is 2.37. The molecule has 2 aromatic carbocycles. The minimum Gasteiger partial charge on any atom is -0.433 e. The summed E-state index contributed by atoms with van der Waals surface area (Å²) < 4.78 is 30.9. The second-order valence-electron chi connectivity index (χ2n) is 6.61. The number of fused-ring (bicyclic) bond motifs is 1. The molecule has 0 aliphatic rings. The van der Waals surface area contributed by atoms with Crippen molar-refractivity contribution in [3.8, 4) is 0 Å². The Morgan fingerprint density at radius 2 is 1.75 bits per heavy atom. The number of furan rings is 1. The van der Waals surface area contributed by atoms with Crippen LogP contribution >= 0.6 is 11.8 Å². The molecule has 0 aliphatic heterocycles. The zero-order valence-electron chi connectivity index (χ0n) is 16.4. The van der Waals surface area contributed by atoms with Gasteiger partial charge in [-0.2, -0.15) is 0 Å². The summed E-state index contributed by atoms with van der Waals surface area (Å²) in [7, 11) is -1.44. The molecule has 0 spiro atoms. The van der Waals surface area contributed by atoms with Crippen LogP contribution in [0.15, 0.2) is 74.4 Å². The highest BCUT2D eigenvalue weighted by molar-refractivity contribution is 7.99. The largest absolute Gasteiger partial charge is 0.433 e. The van der Waals surface area contributed by atoms with Gasteiger partial charge in [-0.05, 0) is 43.4 Å². The molecule has 0 atom stereocenters. The summed E-state index contributed by atoms with van der Waals surface area (Å²) in [5.74, 6) is 1.77. The predicted molar refractivity (Wildman–Crippen MR) is 118 cm³/mol. The fourth-order valence-electron chi connectivity index (χ4n) is 2.94. The van der Waals surface area contributed by atoms with E-state index in [9.17, 15) is 8.42 Å². The van der Waals surface area contributed by atoms with Crippen molar-refractivity contribution >= 4 is 38.3 Å². The van der Waals surface area contributed by atoms with Crippen LogP contribution in [0.5, 0.6) is 0 Å². The summed E-state index contributed by atoms with van der Waals surface area (Å²) in [4.78, 5) is 2.35. The lowest BCUT2D eigenvalue weighted by Crippen LogP contribution is -2.17. The van der Waals surface area contributed by atoms with Gasteiger partial charge in [0.25, 0.3) is 0 Å². The van der Waals surface area contributed by atoms with Gasteiger partial charge in [-0.3, -0.25) is 0 Å². The number of sulfone groups is 1. The Kier molecular flexibility index (Phi) is 6.52. The van der Waals surface area contributed by atoms with Gasteiger partial charge in [0.1, 0.15) is 0 Å². The third-order valence-corrected chi connectivity index (χ3v) is 6.78. The lowest BCUT2D eigenvalue weighted by molar-refractivity contribution is 0.478. The molecule has 0 N–H and O–H groups in total. The van der Waals surface area contributed by atoms with Crippen LogP contribution in [0.25, 0.3) is 10.8 Å². The van der Waals surface area contributed by atoms with Crippen LogP contribution in [0.2, 0.25) is 0 Å². The fourth-order valence-corrected chi connectivity index (χ4v) is 4.73. The molecule has 0 aliphatic carbocycles. The lowest BCUT2D eigenvalue weighted by atomic mass is 10.2. The van der Waals surface area contributed by atoms with Gasteiger partial charge in [0.15, 0.2) is 14.9 Å². The molecule has 0 fully saturated rings. The molecule has 3 rings (SSSR count). The van der Waals surface area contributed by atoms with Crippen LogP contribution in [0.3, 0.4) is 0 Å². The van der Waals surface area contributed by atoms with Crippen molar-refractivity contribution in [2.75, 3.05) is 24.2 Å². The van der Waals surface area contributed by atoms with E-state index in [0.717, 1.165) is 33.1 Å². The van der Waals surface area contributed by atoms with E-state index in [-0.39, 0.29) is 0 Å². The van der Waals surface area contributed by atoms with Crippen molar-refractivity contribution in [1.29, 1.82) is 0 Å². The second-order valence-corrected chi connectivity index (χ2v) is 9.68. The quantitative estimate of drug-likeness (QED) is 0.444. The molecule has 0 saturated heterocycles. The summed E-state index contributed by atoms with van der Waals surface area (Å²) in [6.07, 6.45) is 2.31. The van der Waals surface area contributed by atoms with E-state index in [4.69, 9.17) is 4.42 Å². The zero-order chi connectivity index (χ0) is 20.1. The number of thioether (sulfide) groups is 1. The summed E-state index contributed by atoms with van der Waals surface area (Å²) in [5, 5.41) is 4.42. The number of aryl methyl sites for hydroxylation is 1. The maximum absolute atomic E-state index is 12.4. The average molecular weight is 416 g/mol. The van der Waals surface area contributed by atoms with Gasteiger partial charge in [-0.15, -0.1) is 0 Å². The van der Waals surface area contributed by atoms with Crippen molar-refractivity contribution < 1.29 is 12.8 Å². The van der Waals surface area contributed by atoms with Crippen molar-refractivity contribution in [1.82, 2.24) is 0 Å². The Morgan fingerprint density at radius 1 is 1.07 bits per heavy atom. The number of hydrogen-bond donors (Lipinski definition) is 0. The lowest BCUT2D eigenvalue weighted by Gasteiger charge is -2.15. The number of benzene rings is 2. The number of rotatable bonds is 8. The fraction of sp³-hybridized carbons (Fsp3) is 0.273. The van der Waals surface area contributed by atoms with E-state index >= 15 is 0 Å². The van der Waals surface area contributed by atoms with Crippen molar-refractivity contribution in [2.24, 2.45) is 0 Å². The van der Waals surface area contributed by atoms with Crippen molar-refractivity contribution in [2.45, 2.75) is 30.3 Å². The topological polar surface area (TPSA) is 50.5 Å². The molecule has 0 radical (unpaired) electrons. The maximum Gasteiger partial charge on any atom is 0.204 e. The van der Waals surface area contributed by atoms with Crippen molar-refractivity contribution in [3.05, 3.63) is 65.6 Å². The Labute approximate surface area is 171 Å². The number of nitrogens with zero attached hydrogens (tertiary/aromatic N) is 1. The van der Waals surface area contributed by atoms with Crippen LogP contribution in [0.4, 0.5) is 5.88 Å². The molecule has 0 bridgehead atoms. The zero-order valence-corrected chi connectivity index (χ0v) is 18.0. The standard InChI is InChI=1S/C22H25NO3S2/c1-4-27-22-20-10-6-5-9-19(20)21(26-22)23(3)15-7-8-16-28(24,25)18-13-11-17(2)12-14-18/h5-6,8-14,16H,4,7,15H2,1-3H3/b16-8+. The van der Waals surface area contributed by atoms with Gasteiger partial charge in [0.2, 0.25) is 5.88 Å². The molecule has 1 aromatic heterocycles. The monoisotopic (exact) mass is 415 g/mol. The van der Waals surface area contributed by atoms with Gasteiger partial charge >= 0.3 is 0 Å². The molecule has 4 nitrogen and oxygen atoms in total. The van der Waals surface area contributed by atoms with Crippen LogP contribution in [0.1, 0.15) is 18.9 Å². The highest BCUT2D eigenvalue weighted by Gasteiger charge is 2.16. The van der Waals surface area contributed by atoms with E-state index in [1.807, 2.05) is 43.1 Å². The first kappa shape index (κ1) is 20.6. The average Bonchev–Trinajstić information content (AvgIpc) is 3.05. The molecule has 3 aromatic rings. The first-order chi connectivity index (χ1) is 13.4. The molecule has 148 valence electrons. The van der Waals surface area contributed by atoms with E-state index in [1.165, 1.54) is 5.41 Å². The van der Waals surface area contributed by atoms with Gasteiger partial charge in [-0.1, -0.05) is 54.6 Å². The first-order valence-electron chi connectivity index (χ1n) is 9.26. The van der Waals surface area contributed by atoms with Gasteiger partial charge < -0.3 is 9.32 Å². The number of hydrogen-bond acceptors (Lipinski definition) is 5. The molecule has 28 heavy (non-hydrogen) atoms. The first-order valence-corrected chi connectivity index (χ1v) is 11.8. The van der Waals surface area contributed by atoms with E-state index in [2.05, 4.69) is 19.1 Å². The van der Waals surface area contributed by atoms with E-state index < -0.39 is 9.84 Å². The molecular weight excluding hydrogens is 390 g/mol. The molecular formula is C22H25NO3S2. The third kappa shape index (κ3) is 4.62. The van der Waals surface area contributed by atoms with Gasteiger partial charge in [0, 0.05) is 29.8 Å². The molecule has 0 unspecified atom stereocenters. The second kappa shape index (κ2) is 8.88. The van der Waals surface area contributed by atoms with Gasteiger partial charge in [-0.25, -0.2) is 8.42 Å². The Hall–Kier alpha value is -2.18. The highest BCUT2D eigenvalue weighted by atomic mass is 32.2. The third-order valence-electron chi connectivity index (χ3n) is 4.44. The maximum atomic E-state index is 12.4. The summed E-state index contributed by atoms with van der Waals surface area (Å²) in [6.45, 7) is 4.70. The van der Waals surface area contributed by atoms with Crippen molar-refractivity contribution in [3.63, 3.8) is 0 Å². The van der Waals surface area contributed by atoms with Crippen LogP contribution in [-0.2, 0) is 9.84 Å². The Morgan fingerprint density at radius 3 is 2.43 bits per heavy atom. The molecule has 6 heteroatoms. The SMILES string of the molecule is CCSc1oc(N(C)CC/C=C/S(=O)(=O)c2ccc(C)cc2)c2ccccc12. The summed E-state index contributed by atoms with van der Waals surface area (Å²) in [5.41, 5.74) is 1.04. The normalized spacial score (nSPS) is 12.1. The van der Waals surface area contributed by atoms with E-state index in [1.54, 1.807) is 30.0 Å². The molecule has 0 saturated carbocycles. The van der Waals surface area contributed by atoms with Gasteiger partial charge in [0.05, 0.1) is 4.90 Å². The summed E-state index contributed by atoms with van der Waals surface area (Å²) in [6, 6.07) is 15.0. The Bertz CT molecular complexity index is 1070. The van der Waals surface area contributed by atoms with Crippen LogP contribution in [-0.4, -0.2) is 27.8 Å². The van der Waals surface area contributed by atoms with Crippen LogP contribution in [0, 0.1) is 6.92 Å². The number of anilines is 1. The Balaban J connectivity index is 1.69. The predicted octanol–water partition coefficient (Wildman–Crippen LogP) is 5.67. The molecule has 1 heterocycles. The van der Waals surface area contributed by atoms with E-state index in [0.29, 0.717) is 17.9 Å². The van der Waals surface area contributed by atoms with Crippen LogP contribution < -0.4 is 4.90 Å². The minimum absolute atomic E-state index is 0.320. The minimum atomic E-state index is -3.40. The molecule has 0 amide bonds. The smallest absolute Gasteiger partial charge is 0.204 e. The summed E-state index contributed by atoms with van der Waals surface area (Å²) >= 11 is 1.69.